The number of hydrogen-bond acceptors (Lipinski definition) is 8. The van der Waals surface area contributed by atoms with Crippen LogP contribution in [0.2, 0.25) is 0 Å². The second kappa shape index (κ2) is 16.0. The number of carboxylic acids is 1. The number of hydrogen-bond donors (Lipinski definition) is 4. The minimum Gasteiger partial charge on any atom is -0.491 e. The summed E-state index contributed by atoms with van der Waals surface area (Å²) in [4.78, 5) is 40.6. The number of amides is 2. The predicted molar refractivity (Wildman–Crippen MR) is 178 cm³/mol. The topological polar surface area (TPSA) is 152 Å². The molecule has 1 saturated heterocycles. The molecular formula is C35H44N4O7. The summed E-state index contributed by atoms with van der Waals surface area (Å²) in [6, 6.07) is 13.9. The van der Waals surface area contributed by atoms with Crippen LogP contribution in [-0.2, 0) is 0 Å². The summed E-state index contributed by atoms with van der Waals surface area (Å²) in [7, 11) is 0. The Morgan fingerprint density at radius 3 is 1.78 bits per heavy atom. The molecule has 1 heterocycles. The van der Waals surface area contributed by atoms with Gasteiger partial charge < -0.3 is 35.7 Å². The standard InChI is InChI=1S/C35H44N4O7/c1-22(2)20-45-30-17-24(7-10-27(30)36)33(40)38-29-11-8-25(18-32(29)46-21-23(3)4)34(41)37-28-12-9-26(35(42)43)19-31(28)44-16-15-39-13-5-6-14-39/h7-12,17-19,22-23H,5-6,13-16,20-21,36H2,1-4H3,(H,37,41)(H,38,40)(H,42,43). The number of nitrogens with one attached hydrogen (secondary N) is 2. The van der Waals surface area contributed by atoms with Gasteiger partial charge in [-0.2, -0.15) is 0 Å². The molecule has 11 heteroatoms. The monoisotopic (exact) mass is 632 g/mol. The molecule has 0 unspecified atom stereocenters. The third kappa shape index (κ3) is 9.61. The van der Waals surface area contributed by atoms with Crippen molar-refractivity contribution < 1.29 is 33.7 Å². The van der Waals surface area contributed by atoms with E-state index >= 15 is 0 Å². The lowest BCUT2D eigenvalue weighted by atomic mass is 10.1. The van der Waals surface area contributed by atoms with E-state index in [0.29, 0.717) is 60.5 Å². The molecule has 46 heavy (non-hydrogen) atoms. The predicted octanol–water partition coefficient (Wildman–Crippen LogP) is 6.02. The number of benzene rings is 3. The molecule has 2 amide bonds. The summed E-state index contributed by atoms with van der Waals surface area (Å²) >= 11 is 0. The van der Waals surface area contributed by atoms with Crippen LogP contribution in [0, 0.1) is 11.8 Å². The Kier molecular flexibility index (Phi) is 11.9. The van der Waals surface area contributed by atoms with E-state index in [2.05, 4.69) is 15.5 Å². The number of nitrogens with zero attached hydrogens (tertiary/aromatic N) is 1. The highest BCUT2D eigenvalue weighted by Crippen LogP contribution is 2.31. The maximum Gasteiger partial charge on any atom is 0.335 e. The summed E-state index contributed by atoms with van der Waals surface area (Å²) in [5, 5.41) is 15.2. The molecule has 4 rings (SSSR count). The fraction of sp³-hybridized carbons (Fsp3) is 0.400. The van der Waals surface area contributed by atoms with Gasteiger partial charge in [-0.1, -0.05) is 27.7 Å². The number of nitrogen functional groups attached to an aromatic ring is 1. The summed E-state index contributed by atoms with van der Waals surface area (Å²) < 4.78 is 17.7. The lowest BCUT2D eigenvalue weighted by Crippen LogP contribution is -2.25. The zero-order valence-electron chi connectivity index (χ0n) is 26.9. The zero-order valence-corrected chi connectivity index (χ0v) is 26.9. The van der Waals surface area contributed by atoms with E-state index in [1.54, 1.807) is 36.4 Å². The van der Waals surface area contributed by atoms with Gasteiger partial charge in [-0.25, -0.2) is 4.79 Å². The van der Waals surface area contributed by atoms with Crippen LogP contribution in [0.15, 0.2) is 54.6 Å². The zero-order chi connectivity index (χ0) is 33.2. The van der Waals surface area contributed by atoms with E-state index in [9.17, 15) is 19.5 Å². The Balaban J connectivity index is 1.52. The first-order chi connectivity index (χ1) is 22.0. The van der Waals surface area contributed by atoms with Crippen LogP contribution in [0.3, 0.4) is 0 Å². The Hall–Kier alpha value is -4.77. The van der Waals surface area contributed by atoms with Crippen molar-refractivity contribution in [1.82, 2.24) is 4.90 Å². The molecule has 3 aromatic carbocycles. The summed E-state index contributed by atoms with van der Waals surface area (Å²) in [5.74, 6) is -0.438. The van der Waals surface area contributed by atoms with Crippen molar-refractivity contribution in [1.29, 1.82) is 0 Å². The first kappa shape index (κ1) is 34.1. The first-order valence-corrected chi connectivity index (χ1v) is 15.6. The second-order valence-corrected chi connectivity index (χ2v) is 12.2. The number of aromatic carboxylic acids is 1. The Bertz CT molecular complexity index is 1530. The van der Waals surface area contributed by atoms with E-state index < -0.39 is 17.8 Å². The maximum atomic E-state index is 13.4. The van der Waals surface area contributed by atoms with Crippen LogP contribution in [0.1, 0.15) is 71.6 Å². The fourth-order valence-electron chi connectivity index (χ4n) is 4.76. The Morgan fingerprint density at radius 2 is 1.22 bits per heavy atom. The number of rotatable bonds is 15. The highest BCUT2D eigenvalue weighted by molar-refractivity contribution is 6.08. The minimum atomic E-state index is -1.09. The highest BCUT2D eigenvalue weighted by atomic mass is 16.5. The molecule has 1 aliphatic rings. The average molecular weight is 633 g/mol. The Morgan fingerprint density at radius 1 is 0.739 bits per heavy atom. The highest BCUT2D eigenvalue weighted by Gasteiger charge is 2.19. The van der Waals surface area contributed by atoms with Crippen LogP contribution in [0.25, 0.3) is 0 Å². The Labute approximate surface area is 270 Å². The normalized spacial score (nSPS) is 13.1. The van der Waals surface area contributed by atoms with Gasteiger partial charge in [0.05, 0.1) is 35.8 Å². The molecular weight excluding hydrogens is 588 g/mol. The number of likely N-dealkylation sites (tertiary alicyclic amines) is 1. The molecule has 5 N–H and O–H groups in total. The maximum absolute atomic E-state index is 13.4. The molecule has 0 spiro atoms. The first-order valence-electron chi connectivity index (χ1n) is 15.6. The third-order valence-electron chi connectivity index (χ3n) is 7.25. The van der Waals surface area contributed by atoms with Crippen molar-refractivity contribution in [2.45, 2.75) is 40.5 Å². The molecule has 0 bridgehead atoms. The van der Waals surface area contributed by atoms with Crippen molar-refractivity contribution in [3.63, 3.8) is 0 Å². The third-order valence-corrected chi connectivity index (χ3v) is 7.25. The van der Waals surface area contributed by atoms with E-state index in [1.165, 1.54) is 18.2 Å². The summed E-state index contributed by atoms with van der Waals surface area (Å²) in [5.41, 5.74) is 7.90. The van der Waals surface area contributed by atoms with Gasteiger partial charge in [-0.3, -0.25) is 14.5 Å². The number of ether oxygens (including phenoxy) is 3. The van der Waals surface area contributed by atoms with Gasteiger partial charge in [0.15, 0.2) is 0 Å². The van der Waals surface area contributed by atoms with Gasteiger partial charge in [-0.05, 0) is 92.4 Å². The van der Waals surface area contributed by atoms with Crippen LogP contribution in [0.5, 0.6) is 17.2 Å². The van der Waals surface area contributed by atoms with Gasteiger partial charge in [0.25, 0.3) is 11.8 Å². The number of anilines is 3. The number of nitrogens with two attached hydrogens (primary N) is 1. The van der Waals surface area contributed by atoms with Crippen LogP contribution in [-0.4, -0.2) is 67.2 Å². The largest absolute Gasteiger partial charge is 0.491 e. The quantitative estimate of drug-likeness (QED) is 0.147. The molecule has 1 fully saturated rings. The summed E-state index contributed by atoms with van der Waals surface area (Å²) in [6.07, 6.45) is 2.30. The fourth-order valence-corrected chi connectivity index (χ4v) is 4.76. The van der Waals surface area contributed by atoms with Crippen molar-refractivity contribution in [2.24, 2.45) is 11.8 Å². The van der Waals surface area contributed by atoms with Crippen LogP contribution in [0.4, 0.5) is 17.1 Å². The number of carbonyl (C=O) groups is 3. The number of carbonyl (C=O) groups excluding carboxylic acids is 2. The molecule has 246 valence electrons. The summed E-state index contributed by atoms with van der Waals surface area (Å²) in [6.45, 7) is 11.9. The van der Waals surface area contributed by atoms with Gasteiger partial charge in [-0.15, -0.1) is 0 Å². The smallest absolute Gasteiger partial charge is 0.335 e. The van der Waals surface area contributed by atoms with Gasteiger partial charge in [0.1, 0.15) is 23.9 Å². The van der Waals surface area contributed by atoms with E-state index in [0.717, 1.165) is 25.9 Å². The molecule has 3 aromatic rings. The van der Waals surface area contributed by atoms with Crippen molar-refractivity contribution >= 4 is 34.8 Å². The molecule has 0 atom stereocenters. The average Bonchev–Trinajstić information content (AvgIpc) is 3.54. The molecule has 0 saturated carbocycles. The van der Waals surface area contributed by atoms with Gasteiger partial charge in [0, 0.05) is 17.7 Å². The van der Waals surface area contributed by atoms with Gasteiger partial charge in [0.2, 0.25) is 0 Å². The molecule has 0 aliphatic carbocycles. The SMILES string of the molecule is CC(C)COc1cc(C(=O)Nc2ccc(C(=O)Nc3ccc(C(=O)O)cc3OCCN3CCCC3)cc2OCC(C)C)ccc1N. The van der Waals surface area contributed by atoms with Crippen molar-refractivity contribution in [2.75, 3.05) is 55.8 Å². The lowest BCUT2D eigenvalue weighted by molar-refractivity contribution is 0.0696. The molecule has 0 radical (unpaired) electrons. The second-order valence-electron chi connectivity index (χ2n) is 12.2. The minimum absolute atomic E-state index is 0.0540. The molecule has 1 aliphatic heterocycles. The van der Waals surface area contributed by atoms with E-state index in [1.807, 2.05) is 27.7 Å². The van der Waals surface area contributed by atoms with Crippen LogP contribution >= 0.6 is 0 Å². The van der Waals surface area contributed by atoms with Crippen molar-refractivity contribution in [3.05, 3.63) is 71.3 Å². The molecule has 11 nitrogen and oxygen atoms in total. The van der Waals surface area contributed by atoms with E-state index in [4.69, 9.17) is 19.9 Å². The lowest BCUT2D eigenvalue weighted by Gasteiger charge is -2.18. The molecule has 0 aromatic heterocycles. The van der Waals surface area contributed by atoms with Crippen LogP contribution < -0.4 is 30.6 Å². The van der Waals surface area contributed by atoms with E-state index in [-0.39, 0.29) is 28.7 Å². The van der Waals surface area contributed by atoms with Gasteiger partial charge >= 0.3 is 5.97 Å². The number of carboxylic acid groups (broad SMARTS) is 1. The van der Waals surface area contributed by atoms with Crippen molar-refractivity contribution in [3.8, 4) is 17.2 Å².